The summed E-state index contributed by atoms with van der Waals surface area (Å²) in [5.74, 6) is -0.538. The van der Waals surface area contributed by atoms with Gasteiger partial charge in [0.25, 0.3) is 5.88 Å². The summed E-state index contributed by atoms with van der Waals surface area (Å²) < 4.78 is 33.0. The zero-order chi connectivity index (χ0) is 16.2. The molecule has 0 unspecified atom stereocenters. The Morgan fingerprint density at radius 2 is 1.91 bits per heavy atom. The lowest BCUT2D eigenvalue weighted by Crippen LogP contribution is -2.43. The number of hydrogen-bond acceptors (Lipinski definition) is 4. The van der Waals surface area contributed by atoms with E-state index < -0.39 is 11.6 Å². The summed E-state index contributed by atoms with van der Waals surface area (Å²) in [6, 6.07) is 7.20. The fourth-order valence-electron chi connectivity index (χ4n) is 2.37. The minimum Gasteiger partial charge on any atom is -0.471 e. The van der Waals surface area contributed by atoms with Crippen LogP contribution in [0.3, 0.4) is 0 Å². The van der Waals surface area contributed by atoms with Crippen molar-refractivity contribution in [1.82, 2.24) is 10.3 Å². The Hall–Kier alpha value is -1.92. The molecule has 1 saturated heterocycles. The summed E-state index contributed by atoms with van der Waals surface area (Å²) in [6.07, 6.45) is 0. The first-order valence-electron chi connectivity index (χ1n) is 7.32. The van der Waals surface area contributed by atoms with Gasteiger partial charge in [0, 0.05) is 36.8 Å². The zero-order valence-electron chi connectivity index (χ0n) is 12.4. The van der Waals surface area contributed by atoms with Crippen molar-refractivity contribution in [2.24, 2.45) is 0 Å². The number of pyridine rings is 1. The van der Waals surface area contributed by atoms with E-state index in [0.717, 1.165) is 26.2 Å². The molecule has 0 spiro atoms. The highest BCUT2D eigenvalue weighted by Crippen LogP contribution is 2.22. The van der Waals surface area contributed by atoms with Crippen molar-refractivity contribution in [3.8, 4) is 5.88 Å². The van der Waals surface area contributed by atoms with Crippen LogP contribution in [0.2, 0.25) is 5.02 Å². The van der Waals surface area contributed by atoms with Crippen LogP contribution in [0.1, 0.15) is 5.56 Å². The van der Waals surface area contributed by atoms with E-state index in [1.165, 1.54) is 18.2 Å². The van der Waals surface area contributed by atoms with Crippen LogP contribution in [-0.4, -0.2) is 31.2 Å². The molecule has 2 aromatic rings. The first kappa shape index (κ1) is 16.0. The third kappa shape index (κ3) is 3.89. The highest BCUT2D eigenvalue weighted by atomic mass is 35.5. The average Bonchev–Trinajstić information content (AvgIpc) is 2.56. The van der Waals surface area contributed by atoms with E-state index in [0.29, 0.717) is 16.4 Å². The van der Waals surface area contributed by atoms with Crippen molar-refractivity contribution in [3.05, 3.63) is 52.6 Å². The number of nitrogens with zero attached hydrogens (tertiary/aromatic N) is 2. The van der Waals surface area contributed by atoms with Gasteiger partial charge in [0.2, 0.25) is 0 Å². The number of hydrogen-bond donors (Lipinski definition) is 1. The van der Waals surface area contributed by atoms with Gasteiger partial charge in [0.1, 0.15) is 18.2 Å². The summed E-state index contributed by atoms with van der Waals surface area (Å²) in [6.45, 7) is 3.18. The largest absolute Gasteiger partial charge is 0.471 e. The second kappa shape index (κ2) is 7.10. The molecular formula is C16H16ClF2N3O. The van der Waals surface area contributed by atoms with Crippen LogP contribution in [0.15, 0.2) is 30.3 Å². The van der Waals surface area contributed by atoms with E-state index in [1.807, 2.05) is 4.90 Å². The van der Waals surface area contributed by atoms with Gasteiger partial charge in [-0.3, -0.25) is 0 Å². The Morgan fingerprint density at radius 1 is 1.13 bits per heavy atom. The van der Waals surface area contributed by atoms with Crippen LogP contribution in [0.5, 0.6) is 5.88 Å². The van der Waals surface area contributed by atoms with E-state index in [2.05, 4.69) is 10.3 Å². The van der Waals surface area contributed by atoms with Crippen LogP contribution in [0.4, 0.5) is 14.6 Å². The lowest BCUT2D eigenvalue weighted by Gasteiger charge is -2.28. The number of piperazine rings is 1. The molecule has 0 aliphatic carbocycles. The summed E-state index contributed by atoms with van der Waals surface area (Å²) in [7, 11) is 0. The summed E-state index contributed by atoms with van der Waals surface area (Å²) in [4.78, 5) is 6.26. The molecule has 23 heavy (non-hydrogen) atoms. The Morgan fingerprint density at radius 3 is 2.65 bits per heavy atom. The van der Waals surface area contributed by atoms with Crippen LogP contribution in [-0.2, 0) is 6.61 Å². The minimum atomic E-state index is -0.571. The number of rotatable bonds is 4. The van der Waals surface area contributed by atoms with Crippen molar-refractivity contribution in [2.75, 3.05) is 31.1 Å². The highest BCUT2D eigenvalue weighted by molar-refractivity contribution is 6.30. The molecule has 7 heteroatoms. The molecule has 0 amide bonds. The number of benzene rings is 1. The predicted octanol–water partition coefficient (Wildman–Crippen LogP) is 3.00. The SMILES string of the molecule is Fc1cc(Cl)ccc1COc1nc(N2CCNCC2)ccc1F. The van der Waals surface area contributed by atoms with Gasteiger partial charge in [-0.25, -0.2) is 8.78 Å². The third-order valence-corrected chi connectivity index (χ3v) is 3.85. The molecule has 1 aromatic heterocycles. The summed E-state index contributed by atoms with van der Waals surface area (Å²) >= 11 is 5.70. The minimum absolute atomic E-state index is 0.113. The zero-order valence-corrected chi connectivity index (χ0v) is 13.1. The smallest absolute Gasteiger partial charge is 0.252 e. The number of nitrogens with one attached hydrogen (secondary N) is 1. The molecule has 0 saturated carbocycles. The molecule has 1 fully saturated rings. The van der Waals surface area contributed by atoms with Gasteiger partial charge in [-0.05, 0) is 24.3 Å². The first-order valence-corrected chi connectivity index (χ1v) is 7.70. The quantitative estimate of drug-likeness (QED) is 0.929. The Kier molecular flexibility index (Phi) is 4.93. The Labute approximate surface area is 138 Å². The first-order chi connectivity index (χ1) is 11.1. The number of aromatic nitrogens is 1. The molecule has 0 atom stereocenters. The van der Waals surface area contributed by atoms with E-state index >= 15 is 0 Å². The fourth-order valence-corrected chi connectivity index (χ4v) is 2.53. The van der Waals surface area contributed by atoms with Crippen LogP contribution < -0.4 is 15.0 Å². The molecule has 1 aliphatic rings. The topological polar surface area (TPSA) is 37.4 Å². The Balaban J connectivity index is 1.73. The van der Waals surface area contributed by atoms with Gasteiger partial charge in [0.15, 0.2) is 5.82 Å². The van der Waals surface area contributed by atoms with Crippen molar-refractivity contribution in [3.63, 3.8) is 0 Å². The highest BCUT2D eigenvalue weighted by Gasteiger charge is 2.15. The fraction of sp³-hybridized carbons (Fsp3) is 0.312. The normalized spacial score (nSPS) is 14.8. The number of ether oxygens (including phenoxy) is 1. The molecule has 0 bridgehead atoms. The molecule has 1 aliphatic heterocycles. The summed E-state index contributed by atoms with van der Waals surface area (Å²) in [5.41, 5.74) is 0.295. The molecule has 2 heterocycles. The van der Waals surface area contributed by atoms with Gasteiger partial charge in [-0.1, -0.05) is 17.7 Å². The average molecular weight is 340 g/mol. The molecule has 1 aromatic carbocycles. The lowest BCUT2D eigenvalue weighted by atomic mass is 10.2. The Bertz CT molecular complexity index is 693. The number of anilines is 1. The van der Waals surface area contributed by atoms with Crippen LogP contribution >= 0.6 is 11.6 Å². The van der Waals surface area contributed by atoms with Crippen molar-refractivity contribution in [2.45, 2.75) is 6.61 Å². The number of halogens is 3. The van der Waals surface area contributed by atoms with E-state index in [4.69, 9.17) is 16.3 Å². The monoisotopic (exact) mass is 339 g/mol. The lowest BCUT2D eigenvalue weighted by molar-refractivity contribution is 0.272. The van der Waals surface area contributed by atoms with Gasteiger partial charge >= 0.3 is 0 Å². The van der Waals surface area contributed by atoms with Crippen molar-refractivity contribution >= 4 is 17.4 Å². The molecular weight excluding hydrogens is 324 g/mol. The van der Waals surface area contributed by atoms with E-state index in [9.17, 15) is 8.78 Å². The van der Waals surface area contributed by atoms with Crippen molar-refractivity contribution < 1.29 is 13.5 Å². The van der Waals surface area contributed by atoms with Gasteiger partial charge in [0.05, 0.1) is 0 Å². The van der Waals surface area contributed by atoms with Crippen LogP contribution in [0, 0.1) is 11.6 Å². The van der Waals surface area contributed by atoms with E-state index in [1.54, 1.807) is 12.1 Å². The molecule has 4 nitrogen and oxygen atoms in total. The second-order valence-corrected chi connectivity index (χ2v) is 5.65. The van der Waals surface area contributed by atoms with Crippen LogP contribution in [0.25, 0.3) is 0 Å². The van der Waals surface area contributed by atoms with Gasteiger partial charge < -0.3 is 15.0 Å². The standard InChI is InChI=1S/C16H16ClF2N3O/c17-12-2-1-11(14(19)9-12)10-23-16-13(18)3-4-15(21-16)22-7-5-20-6-8-22/h1-4,9,20H,5-8,10H2. The maximum absolute atomic E-state index is 13.9. The van der Waals surface area contributed by atoms with Gasteiger partial charge in [-0.2, -0.15) is 4.98 Å². The van der Waals surface area contributed by atoms with E-state index in [-0.39, 0.29) is 12.5 Å². The maximum Gasteiger partial charge on any atom is 0.252 e. The van der Waals surface area contributed by atoms with Crippen molar-refractivity contribution in [1.29, 1.82) is 0 Å². The predicted molar refractivity (Wildman–Crippen MR) is 85.0 cm³/mol. The molecule has 1 N–H and O–H groups in total. The van der Waals surface area contributed by atoms with Gasteiger partial charge in [-0.15, -0.1) is 0 Å². The third-order valence-electron chi connectivity index (χ3n) is 3.62. The summed E-state index contributed by atoms with van der Waals surface area (Å²) in [5, 5.41) is 3.54. The molecule has 0 radical (unpaired) electrons. The maximum atomic E-state index is 13.9. The molecule has 3 rings (SSSR count). The molecule has 122 valence electrons. The second-order valence-electron chi connectivity index (χ2n) is 5.22.